The van der Waals surface area contributed by atoms with Gasteiger partial charge in [-0.3, -0.25) is 0 Å². The number of H-pyrrole nitrogens is 1. The third-order valence-corrected chi connectivity index (χ3v) is 11.1. The molecule has 0 aliphatic rings. The number of rotatable bonds is 5. The molecule has 49 heavy (non-hydrogen) atoms. The van der Waals surface area contributed by atoms with Gasteiger partial charge in [-0.25, -0.2) is 0 Å². The van der Waals surface area contributed by atoms with E-state index in [-0.39, 0.29) is 0 Å². The van der Waals surface area contributed by atoms with Crippen LogP contribution in [-0.2, 0) is 0 Å². The van der Waals surface area contributed by atoms with Gasteiger partial charge in [0.15, 0.2) is 0 Å². The van der Waals surface area contributed by atoms with Crippen molar-refractivity contribution in [3.63, 3.8) is 0 Å². The van der Waals surface area contributed by atoms with Crippen molar-refractivity contribution < 1.29 is 0 Å². The van der Waals surface area contributed by atoms with Crippen LogP contribution in [0.3, 0.4) is 0 Å². The summed E-state index contributed by atoms with van der Waals surface area (Å²) in [6, 6.07) is 63.8. The van der Waals surface area contributed by atoms with E-state index in [1.54, 1.807) is 0 Å². The number of aromatic amines is 1. The maximum atomic E-state index is 3.74. The van der Waals surface area contributed by atoms with E-state index in [9.17, 15) is 0 Å². The first-order valence-corrected chi connectivity index (χ1v) is 17.5. The minimum Gasteiger partial charge on any atom is -0.354 e. The Morgan fingerprint density at radius 1 is 0.408 bits per heavy atom. The van der Waals surface area contributed by atoms with Crippen LogP contribution >= 0.6 is 11.3 Å². The van der Waals surface area contributed by atoms with Gasteiger partial charge >= 0.3 is 0 Å². The minimum atomic E-state index is 1.13. The largest absolute Gasteiger partial charge is 0.354 e. The summed E-state index contributed by atoms with van der Waals surface area (Å²) in [6.07, 6.45) is 0. The summed E-state index contributed by atoms with van der Waals surface area (Å²) >= 11 is 1.89. The topological polar surface area (TPSA) is 19.0 Å². The number of para-hydroxylation sites is 2. The predicted octanol–water partition coefficient (Wildman–Crippen LogP) is 13.6. The number of nitrogens with one attached hydrogen (secondary N) is 1. The summed E-state index contributed by atoms with van der Waals surface area (Å²) < 4.78 is 2.57. The fraction of sp³-hybridized carbons (Fsp3) is 0. The first kappa shape index (κ1) is 27.9. The van der Waals surface area contributed by atoms with E-state index in [1.807, 2.05) is 11.3 Å². The molecule has 0 saturated heterocycles. The molecule has 1 N–H and O–H groups in total. The Labute approximate surface area is 288 Å². The van der Waals surface area contributed by atoms with E-state index in [0.29, 0.717) is 0 Å². The summed E-state index contributed by atoms with van der Waals surface area (Å²) in [6.45, 7) is 0. The van der Waals surface area contributed by atoms with Gasteiger partial charge in [0.05, 0.1) is 15.9 Å². The number of hydrogen-bond acceptors (Lipinski definition) is 2. The van der Waals surface area contributed by atoms with Gasteiger partial charge in [0.1, 0.15) is 0 Å². The number of fused-ring (bicyclic) bond motifs is 7. The minimum absolute atomic E-state index is 1.13. The standard InChI is InChI=1S/C46H30N2S/c1-2-11-30(12-3-1)32-23-26-34(27-24-32)48(35-28-25-31-13-4-5-14-33(31)29-35)43-22-10-20-41-40-19-9-18-39(45(40)49-46(41)43)38-17-8-16-37-36-15-6-7-21-42(36)47-44(37)38/h1-29,47H. The Hall–Kier alpha value is -6.16. The SMILES string of the molecule is c1ccc(-c2ccc(N(c3ccc4ccccc4c3)c3cccc4c3sc3c(-c5cccc6c5[nH]c5ccccc56)cccc34)cc2)cc1. The third kappa shape index (κ3) is 4.55. The first-order chi connectivity index (χ1) is 24.3. The molecule has 0 amide bonds. The van der Waals surface area contributed by atoms with E-state index in [4.69, 9.17) is 0 Å². The molecule has 230 valence electrons. The fourth-order valence-corrected chi connectivity index (χ4v) is 8.80. The number of anilines is 3. The molecule has 8 aromatic carbocycles. The molecule has 0 unspecified atom stereocenters. The number of thiophene rings is 1. The summed E-state index contributed by atoms with van der Waals surface area (Å²) in [7, 11) is 0. The molecule has 2 nitrogen and oxygen atoms in total. The zero-order chi connectivity index (χ0) is 32.3. The summed E-state index contributed by atoms with van der Waals surface area (Å²) in [5.41, 5.74) is 10.7. The molecule has 10 rings (SSSR count). The molecule has 0 fully saturated rings. The van der Waals surface area contributed by atoms with Crippen molar-refractivity contribution in [2.75, 3.05) is 4.90 Å². The van der Waals surface area contributed by atoms with Gasteiger partial charge in [0.2, 0.25) is 0 Å². The van der Waals surface area contributed by atoms with Crippen molar-refractivity contribution in [1.29, 1.82) is 0 Å². The molecule has 3 heteroatoms. The quantitative estimate of drug-likeness (QED) is 0.198. The highest BCUT2D eigenvalue weighted by Gasteiger charge is 2.20. The average Bonchev–Trinajstić information content (AvgIpc) is 3.75. The highest BCUT2D eigenvalue weighted by atomic mass is 32.1. The van der Waals surface area contributed by atoms with Crippen LogP contribution in [0.5, 0.6) is 0 Å². The number of hydrogen-bond donors (Lipinski definition) is 1. The zero-order valence-electron chi connectivity index (χ0n) is 26.6. The van der Waals surface area contributed by atoms with E-state index >= 15 is 0 Å². The maximum Gasteiger partial charge on any atom is 0.0640 e. The second-order valence-corrected chi connectivity index (χ2v) is 13.6. The second-order valence-electron chi connectivity index (χ2n) is 12.6. The molecule has 10 aromatic rings. The van der Waals surface area contributed by atoms with Gasteiger partial charge in [-0.05, 0) is 58.3 Å². The summed E-state index contributed by atoms with van der Waals surface area (Å²) in [4.78, 5) is 6.17. The maximum absolute atomic E-state index is 3.74. The van der Waals surface area contributed by atoms with Crippen molar-refractivity contribution in [3.8, 4) is 22.3 Å². The number of benzene rings is 8. The Morgan fingerprint density at radius 3 is 1.90 bits per heavy atom. The van der Waals surface area contributed by atoms with Crippen LogP contribution in [0.25, 0.3) is 75.0 Å². The Balaban J connectivity index is 1.19. The van der Waals surface area contributed by atoms with E-state index in [0.717, 1.165) is 11.4 Å². The Bertz CT molecular complexity index is 2830. The molecule has 0 atom stereocenters. The fourth-order valence-electron chi connectivity index (χ4n) is 7.47. The van der Waals surface area contributed by atoms with Crippen LogP contribution in [0.4, 0.5) is 17.1 Å². The van der Waals surface area contributed by atoms with Gasteiger partial charge in [-0.15, -0.1) is 11.3 Å². The molecular weight excluding hydrogens is 613 g/mol. The van der Waals surface area contributed by atoms with Crippen LogP contribution in [0.2, 0.25) is 0 Å². The highest BCUT2D eigenvalue weighted by molar-refractivity contribution is 7.27. The number of nitrogens with zero attached hydrogens (tertiary/aromatic N) is 1. The van der Waals surface area contributed by atoms with Gasteiger partial charge in [-0.2, -0.15) is 0 Å². The zero-order valence-corrected chi connectivity index (χ0v) is 27.4. The molecule has 0 spiro atoms. The lowest BCUT2D eigenvalue weighted by atomic mass is 10.00. The van der Waals surface area contributed by atoms with Crippen LogP contribution < -0.4 is 4.90 Å². The highest BCUT2D eigenvalue weighted by Crippen LogP contribution is 2.48. The summed E-state index contributed by atoms with van der Waals surface area (Å²) in [5, 5.41) is 7.53. The third-order valence-electron chi connectivity index (χ3n) is 9.80. The number of aromatic nitrogens is 1. The lowest BCUT2D eigenvalue weighted by molar-refractivity contribution is 1.31. The van der Waals surface area contributed by atoms with Crippen molar-refractivity contribution in [2.24, 2.45) is 0 Å². The van der Waals surface area contributed by atoms with Crippen molar-refractivity contribution in [2.45, 2.75) is 0 Å². The Morgan fingerprint density at radius 2 is 1.04 bits per heavy atom. The van der Waals surface area contributed by atoms with E-state index in [1.165, 1.54) is 80.7 Å². The molecule has 0 aliphatic heterocycles. The van der Waals surface area contributed by atoms with Gasteiger partial charge in [0, 0.05) is 54.3 Å². The smallest absolute Gasteiger partial charge is 0.0640 e. The molecule has 2 heterocycles. The molecule has 0 bridgehead atoms. The van der Waals surface area contributed by atoms with Gasteiger partial charge < -0.3 is 9.88 Å². The van der Waals surface area contributed by atoms with Crippen molar-refractivity contribution in [3.05, 3.63) is 176 Å². The van der Waals surface area contributed by atoms with Crippen LogP contribution in [0.1, 0.15) is 0 Å². The van der Waals surface area contributed by atoms with Crippen LogP contribution in [0, 0.1) is 0 Å². The molecule has 2 aromatic heterocycles. The summed E-state index contributed by atoms with van der Waals surface area (Å²) in [5.74, 6) is 0. The average molecular weight is 643 g/mol. The molecule has 0 radical (unpaired) electrons. The van der Waals surface area contributed by atoms with Gasteiger partial charge in [-0.1, -0.05) is 140 Å². The molecular formula is C46H30N2S. The van der Waals surface area contributed by atoms with E-state index in [2.05, 4.69) is 186 Å². The normalized spacial score (nSPS) is 11.7. The second kappa shape index (κ2) is 11.2. The van der Waals surface area contributed by atoms with Crippen molar-refractivity contribution in [1.82, 2.24) is 4.98 Å². The predicted molar refractivity (Wildman–Crippen MR) is 212 cm³/mol. The van der Waals surface area contributed by atoms with Crippen LogP contribution in [-0.4, -0.2) is 4.98 Å². The Kier molecular flexibility index (Phi) is 6.39. The lowest BCUT2D eigenvalue weighted by Gasteiger charge is -2.26. The lowest BCUT2D eigenvalue weighted by Crippen LogP contribution is -2.10. The molecule has 0 aliphatic carbocycles. The molecule has 0 saturated carbocycles. The monoisotopic (exact) mass is 642 g/mol. The van der Waals surface area contributed by atoms with Crippen LogP contribution in [0.15, 0.2) is 176 Å². The van der Waals surface area contributed by atoms with E-state index < -0.39 is 0 Å². The first-order valence-electron chi connectivity index (χ1n) is 16.7. The van der Waals surface area contributed by atoms with Gasteiger partial charge in [0.25, 0.3) is 0 Å². The van der Waals surface area contributed by atoms with Crippen molar-refractivity contribution >= 4 is 81.1 Å².